The third kappa shape index (κ3) is 4.23. The fourth-order valence-corrected chi connectivity index (χ4v) is 1.33. The van der Waals surface area contributed by atoms with E-state index in [0.717, 1.165) is 11.1 Å². The summed E-state index contributed by atoms with van der Waals surface area (Å²) >= 11 is 0. The van der Waals surface area contributed by atoms with E-state index in [1.54, 1.807) is 7.11 Å². The van der Waals surface area contributed by atoms with Crippen molar-refractivity contribution in [3.05, 3.63) is 47.3 Å². The van der Waals surface area contributed by atoms with Crippen LogP contribution >= 0.6 is 0 Å². The van der Waals surface area contributed by atoms with Crippen LogP contribution in [0.25, 0.3) is 0 Å². The van der Waals surface area contributed by atoms with Gasteiger partial charge in [0.15, 0.2) is 0 Å². The van der Waals surface area contributed by atoms with Crippen molar-refractivity contribution in [2.45, 2.75) is 13.0 Å². The highest BCUT2D eigenvalue weighted by molar-refractivity contribution is 5.25. The summed E-state index contributed by atoms with van der Waals surface area (Å²) in [6, 6.07) is 7.89. The molecule has 0 bridgehead atoms. The van der Waals surface area contributed by atoms with Crippen molar-refractivity contribution in [3.63, 3.8) is 0 Å². The van der Waals surface area contributed by atoms with Crippen molar-refractivity contribution in [3.8, 4) is 0 Å². The van der Waals surface area contributed by atoms with E-state index in [2.05, 4.69) is 0 Å². The molecule has 0 aliphatic heterocycles. The van der Waals surface area contributed by atoms with E-state index in [-0.39, 0.29) is 12.4 Å². The summed E-state index contributed by atoms with van der Waals surface area (Å²) in [5, 5.41) is 0. The Hall–Kier alpha value is -1.19. The fourth-order valence-electron chi connectivity index (χ4n) is 1.33. The lowest BCUT2D eigenvalue weighted by Gasteiger charge is -2.02. The number of nitrogens with two attached hydrogens (primary N) is 1. The van der Waals surface area contributed by atoms with E-state index in [9.17, 15) is 4.39 Å². The van der Waals surface area contributed by atoms with Gasteiger partial charge in [-0.2, -0.15) is 0 Å². The molecule has 2 nitrogen and oxygen atoms in total. The molecule has 0 aromatic heterocycles. The molecular formula is C12H16FNO. The molecule has 0 aliphatic rings. The van der Waals surface area contributed by atoms with E-state index < -0.39 is 0 Å². The van der Waals surface area contributed by atoms with Gasteiger partial charge in [0.05, 0.1) is 6.61 Å². The topological polar surface area (TPSA) is 35.2 Å². The van der Waals surface area contributed by atoms with Crippen LogP contribution in [-0.4, -0.2) is 13.7 Å². The lowest BCUT2D eigenvalue weighted by atomic mass is 10.1. The second kappa shape index (κ2) is 6.32. The SMILES string of the molecule is COCc1cccc(C/C=C(\F)CN)c1. The summed E-state index contributed by atoms with van der Waals surface area (Å²) in [5.41, 5.74) is 7.31. The predicted molar refractivity (Wildman–Crippen MR) is 59.1 cm³/mol. The summed E-state index contributed by atoms with van der Waals surface area (Å²) in [6.07, 6.45) is 2.08. The van der Waals surface area contributed by atoms with Crippen molar-refractivity contribution in [1.29, 1.82) is 0 Å². The molecule has 1 aromatic carbocycles. The Bertz CT molecular complexity index is 336. The summed E-state index contributed by atoms with van der Waals surface area (Å²) in [4.78, 5) is 0. The molecule has 3 heteroatoms. The second-order valence-electron chi connectivity index (χ2n) is 3.31. The zero-order valence-electron chi connectivity index (χ0n) is 8.87. The number of allylic oxidation sites excluding steroid dienone is 1. The Balaban J connectivity index is 2.65. The van der Waals surface area contributed by atoms with Gasteiger partial charge in [-0.25, -0.2) is 4.39 Å². The van der Waals surface area contributed by atoms with Gasteiger partial charge in [0.1, 0.15) is 5.83 Å². The highest BCUT2D eigenvalue weighted by atomic mass is 19.1. The Labute approximate surface area is 89.6 Å². The number of ether oxygens (including phenoxy) is 1. The highest BCUT2D eigenvalue weighted by Crippen LogP contribution is 2.08. The summed E-state index contributed by atoms with van der Waals surface area (Å²) in [5.74, 6) is -0.271. The normalized spacial score (nSPS) is 11.8. The Morgan fingerprint density at radius 1 is 1.47 bits per heavy atom. The van der Waals surface area contributed by atoms with Gasteiger partial charge < -0.3 is 10.5 Å². The number of halogens is 1. The lowest BCUT2D eigenvalue weighted by molar-refractivity contribution is 0.185. The molecule has 0 aliphatic carbocycles. The Morgan fingerprint density at radius 3 is 2.87 bits per heavy atom. The minimum atomic E-state index is -0.271. The Morgan fingerprint density at radius 2 is 2.20 bits per heavy atom. The molecule has 15 heavy (non-hydrogen) atoms. The zero-order chi connectivity index (χ0) is 11.1. The average Bonchev–Trinajstić information content (AvgIpc) is 2.27. The third-order valence-electron chi connectivity index (χ3n) is 2.06. The maximum absolute atomic E-state index is 12.8. The van der Waals surface area contributed by atoms with Gasteiger partial charge >= 0.3 is 0 Å². The van der Waals surface area contributed by atoms with Crippen molar-refractivity contribution < 1.29 is 9.13 Å². The highest BCUT2D eigenvalue weighted by Gasteiger charge is 1.95. The molecule has 82 valence electrons. The minimum Gasteiger partial charge on any atom is -0.380 e. The Kier molecular flexibility index (Phi) is 5.01. The van der Waals surface area contributed by atoms with Crippen LogP contribution in [0, 0.1) is 0 Å². The molecule has 0 radical (unpaired) electrons. The van der Waals surface area contributed by atoms with Crippen LogP contribution in [-0.2, 0) is 17.8 Å². The molecular weight excluding hydrogens is 193 g/mol. The predicted octanol–water partition coefficient (Wildman–Crippen LogP) is 2.19. The van der Waals surface area contributed by atoms with E-state index in [1.807, 2.05) is 24.3 Å². The van der Waals surface area contributed by atoms with Crippen molar-refractivity contribution in [2.24, 2.45) is 5.73 Å². The van der Waals surface area contributed by atoms with E-state index in [4.69, 9.17) is 10.5 Å². The van der Waals surface area contributed by atoms with E-state index >= 15 is 0 Å². The number of rotatable bonds is 5. The maximum atomic E-state index is 12.8. The smallest absolute Gasteiger partial charge is 0.110 e. The standard InChI is InChI=1S/C12H16FNO/c1-15-9-11-4-2-3-10(7-11)5-6-12(13)8-14/h2-4,6-7H,5,8-9,14H2,1H3/b12-6-. The second-order valence-corrected chi connectivity index (χ2v) is 3.31. The van der Waals surface area contributed by atoms with Crippen LogP contribution < -0.4 is 5.73 Å². The monoisotopic (exact) mass is 209 g/mol. The number of methoxy groups -OCH3 is 1. The lowest BCUT2D eigenvalue weighted by Crippen LogP contribution is -1.99. The van der Waals surface area contributed by atoms with Gasteiger partial charge in [-0.3, -0.25) is 0 Å². The minimum absolute atomic E-state index is 0.0300. The van der Waals surface area contributed by atoms with Crippen LogP contribution in [0.3, 0.4) is 0 Å². The van der Waals surface area contributed by atoms with E-state index in [1.165, 1.54) is 6.08 Å². The summed E-state index contributed by atoms with van der Waals surface area (Å²) < 4.78 is 17.8. The molecule has 0 spiro atoms. The number of hydrogen-bond acceptors (Lipinski definition) is 2. The molecule has 1 rings (SSSR count). The van der Waals surface area contributed by atoms with Crippen LogP contribution in [0.15, 0.2) is 36.2 Å². The number of benzene rings is 1. The molecule has 0 saturated heterocycles. The summed E-state index contributed by atoms with van der Waals surface area (Å²) in [7, 11) is 1.65. The summed E-state index contributed by atoms with van der Waals surface area (Å²) in [6.45, 7) is 0.550. The average molecular weight is 209 g/mol. The zero-order valence-corrected chi connectivity index (χ0v) is 8.87. The maximum Gasteiger partial charge on any atom is 0.110 e. The molecule has 2 N–H and O–H groups in total. The number of hydrogen-bond donors (Lipinski definition) is 1. The first-order chi connectivity index (χ1) is 7.26. The van der Waals surface area contributed by atoms with Crippen molar-refractivity contribution in [1.82, 2.24) is 0 Å². The first-order valence-electron chi connectivity index (χ1n) is 4.87. The van der Waals surface area contributed by atoms with E-state index in [0.29, 0.717) is 13.0 Å². The molecule has 1 aromatic rings. The van der Waals surface area contributed by atoms with Gasteiger partial charge in [0.2, 0.25) is 0 Å². The fraction of sp³-hybridized carbons (Fsp3) is 0.333. The van der Waals surface area contributed by atoms with Crippen molar-refractivity contribution in [2.75, 3.05) is 13.7 Å². The van der Waals surface area contributed by atoms with Crippen molar-refractivity contribution >= 4 is 0 Å². The third-order valence-corrected chi connectivity index (χ3v) is 2.06. The van der Waals surface area contributed by atoms with Crippen LogP contribution in [0.2, 0.25) is 0 Å². The quantitative estimate of drug-likeness (QED) is 0.806. The van der Waals surface area contributed by atoms with Gasteiger partial charge in [-0.15, -0.1) is 0 Å². The molecule has 0 unspecified atom stereocenters. The van der Waals surface area contributed by atoms with Crippen LogP contribution in [0.5, 0.6) is 0 Å². The molecule has 0 fully saturated rings. The first-order valence-corrected chi connectivity index (χ1v) is 4.87. The molecule has 0 heterocycles. The largest absolute Gasteiger partial charge is 0.380 e. The molecule has 0 atom stereocenters. The van der Waals surface area contributed by atoms with Gasteiger partial charge in [0, 0.05) is 13.7 Å². The first kappa shape index (κ1) is 11.9. The van der Waals surface area contributed by atoms with Gasteiger partial charge in [-0.1, -0.05) is 24.3 Å². The van der Waals surface area contributed by atoms with Gasteiger partial charge in [0.25, 0.3) is 0 Å². The molecule has 0 amide bonds. The molecule has 0 saturated carbocycles. The van der Waals surface area contributed by atoms with Crippen LogP contribution in [0.1, 0.15) is 11.1 Å². The van der Waals surface area contributed by atoms with Crippen LogP contribution in [0.4, 0.5) is 4.39 Å². The van der Waals surface area contributed by atoms with Gasteiger partial charge in [-0.05, 0) is 23.6 Å².